The first-order valence-electron chi connectivity index (χ1n) is 4.90. The molecule has 0 bridgehead atoms. The number of nitrogen functional groups attached to an aromatic ring is 1. The summed E-state index contributed by atoms with van der Waals surface area (Å²) in [5, 5.41) is 0.599. The van der Waals surface area contributed by atoms with Gasteiger partial charge in [0.05, 0.1) is 11.4 Å². The number of anilines is 1. The minimum atomic E-state index is -0.647. The summed E-state index contributed by atoms with van der Waals surface area (Å²) in [5.41, 5.74) is 12.5. The molecule has 0 aliphatic rings. The number of hydrogen-bond acceptors (Lipinski definition) is 3. The predicted octanol–water partition coefficient (Wildman–Crippen LogP) is 2.08. The lowest BCUT2D eigenvalue weighted by atomic mass is 10.1. The zero-order chi connectivity index (χ0) is 12.4. The van der Waals surface area contributed by atoms with Gasteiger partial charge >= 0.3 is 0 Å². The van der Waals surface area contributed by atoms with Gasteiger partial charge in [0.1, 0.15) is 0 Å². The average molecular weight is 248 g/mol. The molecular formula is C12H10ClN3O. The van der Waals surface area contributed by atoms with Crippen LogP contribution in [0.5, 0.6) is 0 Å². The number of benzene rings is 1. The molecule has 4 N–H and O–H groups in total. The second-order valence-corrected chi connectivity index (χ2v) is 3.95. The first-order chi connectivity index (χ1) is 8.08. The lowest BCUT2D eigenvalue weighted by Crippen LogP contribution is -2.15. The molecule has 0 spiro atoms. The van der Waals surface area contributed by atoms with Crippen LogP contribution in [0, 0.1) is 0 Å². The van der Waals surface area contributed by atoms with Gasteiger partial charge < -0.3 is 11.5 Å². The maximum Gasteiger partial charge on any atom is 0.269 e. The van der Waals surface area contributed by atoms with Crippen LogP contribution in [0.3, 0.4) is 0 Å². The van der Waals surface area contributed by atoms with Crippen molar-refractivity contribution in [1.82, 2.24) is 4.98 Å². The molecule has 0 saturated heterocycles. The van der Waals surface area contributed by atoms with E-state index in [4.69, 9.17) is 23.1 Å². The average Bonchev–Trinajstić information content (AvgIpc) is 2.29. The quantitative estimate of drug-likeness (QED) is 0.852. The van der Waals surface area contributed by atoms with Crippen LogP contribution in [-0.4, -0.2) is 10.9 Å². The van der Waals surface area contributed by atoms with Crippen molar-refractivity contribution >= 4 is 23.2 Å². The van der Waals surface area contributed by atoms with E-state index < -0.39 is 5.91 Å². The molecule has 5 heteroatoms. The number of carbonyl (C=O) groups excluding carboxylic acids is 1. The number of pyridine rings is 1. The van der Waals surface area contributed by atoms with Crippen molar-refractivity contribution in [3.8, 4) is 11.3 Å². The maximum atomic E-state index is 11.1. The Bertz CT molecular complexity index is 584. The SMILES string of the molecule is NC(=O)c1nc(-c2cccc(Cl)c2)ccc1N. The third-order valence-corrected chi connectivity index (χ3v) is 2.52. The summed E-state index contributed by atoms with van der Waals surface area (Å²) < 4.78 is 0. The van der Waals surface area contributed by atoms with Gasteiger partial charge in [-0.05, 0) is 24.3 Å². The molecule has 0 atom stereocenters. The Balaban J connectivity index is 2.54. The van der Waals surface area contributed by atoms with Crippen molar-refractivity contribution in [3.63, 3.8) is 0 Å². The van der Waals surface area contributed by atoms with Gasteiger partial charge in [0, 0.05) is 10.6 Å². The first kappa shape index (κ1) is 11.4. The number of aromatic nitrogens is 1. The summed E-state index contributed by atoms with van der Waals surface area (Å²) >= 11 is 5.88. The van der Waals surface area contributed by atoms with E-state index in [1.807, 2.05) is 6.07 Å². The Morgan fingerprint density at radius 3 is 2.65 bits per heavy atom. The third kappa shape index (κ3) is 2.37. The molecule has 4 nitrogen and oxygen atoms in total. The Morgan fingerprint density at radius 2 is 2.00 bits per heavy atom. The van der Waals surface area contributed by atoms with Gasteiger partial charge in [-0.3, -0.25) is 4.79 Å². The molecule has 0 aliphatic carbocycles. The van der Waals surface area contributed by atoms with Crippen LogP contribution in [0.2, 0.25) is 5.02 Å². The molecule has 1 aromatic heterocycles. The summed E-state index contributed by atoms with van der Waals surface area (Å²) in [6.07, 6.45) is 0. The van der Waals surface area contributed by atoms with Crippen LogP contribution in [0.1, 0.15) is 10.5 Å². The Kier molecular flexibility index (Phi) is 2.97. The molecule has 1 amide bonds. The van der Waals surface area contributed by atoms with E-state index in [9.17, 15) is 4.79 Å². The lowest BCUT2D eigenvalue weighted by Gasteiger charge is -2.05. The molecule has 0 fully saturated rings. The van der Waals surface area contributed by atoms with E-state index in [1.165, 1.54) is 0 Å². The molecule has 0 radical (unpaired) electrons. The van der Waals surface area contributed by atoms with Crippen molar-refractivity contribution in [1.29, 1.82) is 0 Å². The molecule has 17 heavy (non-hydrogen) atoms. The Hall–Kier alpha value is -2.07. The van der Waals surface area contributed by atoms with Crippen molar-refractivity contribution < 1.29 is 4.79 Å². The van der Waals surface area contributed by atoms with Crippen LogP contribution < -0.4 is 11.5 Å². The van der Waals surface area contributed by atoms with Gasteiger partial charge in [-0.2, -0.15) is 0 Å². The van der Waals surface area contributed by atoms with E-state index in [2.05, 4.69) is 4.98 Å². The van der Waals surface area contributed by atoms with Crippen LogP contribution in [0.25, 0.3) is 11.3 Å². The summed E-state index contributed by atoms with van der Waals surface area (Å²) in [5.74, 6) is -0.647. The lowest BCUT2D eigenvalue weighted by molar-refractivity contribution is 0.0996. The fourth-order valence-electron chi connectivity index (χ4n) is 1.48. The summed E-state index contributed by atoms with van der Waals surface area (Å²) in [6, 6.07) is 10.5. The minimum absolute atomic E-state index is 0.0717. The van der Waals surface area contributed by atoms with Gasteiger partial charge in [0.25, 0.3) is 5.91 Å². The van der Waals surface area contributed by atoms with Crippen molar-refractivity contribution in [2.24, 2.45) is 5.73 Å². The number of halogens is 1. The van der Waals surface area contributed by atoms with Crippen molar-refractivity contribution in [3.05, 3.63) is 47.1 Å². The highest BCUT2D eigenvalue weighted by Crippen LogP contribution is 2.22. The Morgan fingerprint density at radius 1 is 1.24 bits per heavy atom. The van der Waals surface area contributed by atoms with E-state index in [1.54, 1.807) is 30.3 Å². The van der Waals surface area contributed by atoms with Gasteiger partial charge in [-0.15, -0.1) is 0 Å². The highest BCUT2D eigenvalue weighted by Gasteiger charge is 2.09. The van der Waals surface area contributed by atoms with Crippen molar-refractivity contribution in [2.75, 3.05) is 5.73 Å². The number of carbonyl (C=O) groups is 1. The molecule has 2 rings (SSSR count). The van der Waals surface area contributed by atoms with Gasteiger partial charge in [0.2, 0.25) is 0 Å². The summed E-state index contributed by atoms with van der Waals surface area (Å²) in [4.78, 5) is 15.3. The number of nitrogens with two attached hydrogens (primary N) is 2. The molecule has 1 heterocycles. The highest BCUT2D eigenvalue weighted by molar-refractivity contribution is 6.30. The molecule has 0 aliphatic heterocycles. The van der Waals surface area contributed by atoms with Gasteiger partial charge in [0.15, 0.2) is 5.69 Å². The number of rotatable bonds is 2. The van der Waals surface area contributed by atoms with E-state index in [-0.39, 0.29) is 11.4 Å². The van der Waals surface area contributed by atoms with E-state index in [0.29, 0.717) is 10.7 Å². The zero-order valence-corrected chi connectivity index (χ0v) is 9.61. The topological polar surface area (TPSA) is 82.0 Å². The number of hydrogen-bond donors (Lipinski definition) is 2. The zero-order valence-electron chi connectivity index (χ0n) is 8.85. The fourth-order valence-corrected chi connectivity index (χ4v) is 1.67. The minimum Gasteiger partial charge on any atom is -0.397 e. The third-order valence-electron chi connectivity index (χ3n) is 2.28. The standard InChI is InChI=1S/C12H10ClN3O/c13-8-3-1-2-7(6-8)10-5-4-9(14)11(16-10)12(15)17/h1-6H,14H2,(H2,15,17). The molecule has 1 aromatic carbocycles. The second-order valence-electron chi connectivity index (χ2n) is 3.51. The van der Waals surface area contributed by atoms with Gasteiger partial charge in [-0.1, -0.05) is 23.7 Å². The largest absolute Gasteiger partial charge is 0.397 e. The van der Waals surface area contributed by atoms with E-state index >= 15 is 0 Å². The van der Waals surface area contributed by atoms with Crippen molar-refractivity contribution in [2.45, 2.75) is 0 Å². The number of nitrogens with zero attached hydrogens (tertiary/aromatic N) is 1. The normalized spacial score (nSPS) is 10.2. The Labute approximate surface area is 103 Å². The van der Waals surface area contributed by atoms with Gasteiger partial charge in [-0.25, -0.2) is 4.98 Å². The molecule has 86 valence electrons. The molecular weight excluding hydrogens is 238 g/mol. The van der Waals surface area contributed by atoms with E-state index in [0.717, 1.165) is 5.56 Å². The smallest absolute Gasteiger partial charge is 0.269 e. The highest BCUT2D eigenvalue weighted by atomic mass is 35.5. The summed E-state index contributed by atoms with van der Waals surface area (Å²) in [7, 11) is 0. The number of primary amides is 1. The van der Waals surface area contributed by atoms with Crippen LogP contribution in [0.15, 0.2) is 36.4 Å². The molecule has 0 saturated carbocycles. The fraction of sp³-hybridized carbons (Fsp3) is 0. The van der Waals surface area contributed by atoms with Crippen LogP contribution in [0.4, 0.5) is 5.69 Å². The number of amides is 1. The molecule has 0 unspecified atom stereocenters. The maximum absolute atomic E-state index is 11.1. The molecule has 2 aromatic rings. The second kappa shape index (κ2) is 4.43. The van der Waals surface area contributed by atoms with Crippen LogP contribution in [-0.2, 0) is 0 Å². The summed E-state index contributed by atoms with van der Waals surface area (Å²) in [6.45, 7) is 0. The predicted molar refractivity (Wildman–Crippen MR) is 67.6 cm³/mol. The first-order valence-corrected chi connectivity index (χ1v) is 5.28. The monoisotopic (exact) mass is 247 g/mol. The van der Waals surface area contributed by atoms with Crippen LogP contribution >= 0.6 is 11.6 Å².